The van der Waals surface area contributed by atoms with Crippen molar-refractivity contribution in [3.63, 3.8) is 0 Å². The number of aromatic nitrogens is 5. The Morgan fingerprint density at radius 2 is 1.17 bits per heavy atom. The monoisotopic (exact) mass is 831 g/mol. The number of para-hydroxylation sites is 3. The highest BCUT2D eigenvalue weighted by molar-refractivity contribution is 6.12. The maximum atomic E-state index is 7.32. The third-order valence-electron chi connectivity index (χ3n) is 13.2. The van der Waals surface area contributed by atoms with Crippen molar-refractivity contribution in [2.75, 3.05) is 0 Å². The van der Waals surface area contributed by atoms with E-state index in [4.69, 9.17) is 19.7 Å². The van der Waals surface area contributed by atoms with Crippen molar-refractivity contribution in [2.24, 2.45) is 0 Å². The first kappa shape index (κ1) is 36.8. The molecule has 0 saturated carbocycles. The minimum Gasteiger partial charge on any atom is -0.454 e. The van der Waals surface area contributed by atoms with Crippen LogP contribution in [0.15, 0.2) is 213 Å². The average Bonchev–Trinajstić information content (AvgIpc) is 3.75. The third-order valence-corrected chi connectivity index (χ3v) is 13.2. The molecule has 0 bridgehead atoms. The molecular formula is C59H37N5O. The summed E-state index contributed by atoms with van der Waals surface area (Å²) in [5.74, 6) is 3.38. The Morgan fingerprint density at radius 1 is 0.523 bits per heavy atom. The number of ether oxygens (including phenoxy) is 1. The van der Waals surface area contributed by atoms with Crippen molar-refractivity contribution in [3.8, 4) is 51.3 Å². The van der Waals surface area contributed by atoms with Crippen LogP contribution in [0.2, 0.25) is 0 Å². The molecule has 0 radical (unpaired) electrons. The molecule has 0 amide bonds. The van der Waals surface area contributed by atoms with Crippen molar-refractivity contribution >= 4 is 50.6 Å². The number of allylic oxidation sites excluding steroid dienone is 5. The lowest BCUT2D eigenvalue weighted by Crippen LogP contribution is -2.39. The van der Waals surface area contributed by atoms with Gasteiger partial charge in [0, 0.05) is 54.9 Å². The van der Waals surface area contributed by atoms with E-state index in [1.54, 1.807) is 0 Å². The molecule has 2 aliphatic heterocycles. The fourth-order valence-corrected chi connectivity index (χ4v) is 10.6. The van der Waals surface area contributed by atoms with E-state index in [1.165, 1.54) is 0 Å². The molecule has 6 heteroatoms. The number of benzene rings is 7. The van der Waals surface area contributed by atoms with E-state index in [-0.39, 0.29) is 0 Å². The van der Waals surface area contributed by atoms with Crippen LogP contribution in [0.4, 0.5) is 0 Å². The summed E-state index contributed by atoms with van der Waals surface area (Å²) in [6.45, 7) is 9.02. The molecule has 304 valence electrons. The second kappa shape index (κ2) is 14.1. The first-order valence-electron chi connectivity index (χ1n) is 21.8. The molecule has 6 nitrogen and oxygen atoms in total. The van der Waals surface area contributed by atoms with E-state index in [2.05, 4.69) is 143 Å². The minimum atomic E-state index is -0.822. The van der Waals surface area contributed by atoms with Gasteiger partial charge in [-0.25, -0.2) is 15.0 Å². The first-order chi connectivity index (χ1) is 32.2. The molecule has 65 heavy (non-hydrogen) atoms. The second-order valence-corrected chi connectivity index (χ2v) is 16.5. The summed E-state index contributed by atoms with van der Waals surface area (Å²) >= 11 is 0. The van der Waals surface area contributed by atoms with Crippen molar-refractivity contribution in [3.05, 3.63) is 240 Å². The number of fused-ring (bicyclic) bond motifs is 12. The fraction of sp³-hybridized carbons (Fsp3) is 0.0169. The summed E-state index contributed by atoms with van der Waals surface area (Å²) in [6, 6.07) is 57.0. The number of nitrogens with zero attached hydrogens (tertiary/aromatic N) is 5. The molecule has 7 aromatic carbocycles. The Balaban J connectivity index is 1.11. The van der Waals surface area contributed by atoms with Gasteiger partial charge >= 0.3 is 0 Å². The molecule has 0 fully saturated rings. The lowest BCUT2D eigenvalue weighted by Gasteiger charge is -2.45. The number of rotatable bonds is 6. The van der Waals surface area contributed by atoms with Crippen LogP contribution in [0.1, 0.15) is 16.7 Å². The predicted octanol–water partition coefficient (Wildman–Crippen LogP) is 12.2. The zero-order valence-electron chi connectivity index (χ0n) is 35.1. The number of hydrogen-bond donors (Lipinski definition) is 0. The Morgan fingerprint density at radius 3 is 1.94 bits per heavy atom. The molecule has 1 spiro atoms. The zero-order valence-corrected chi connectivity index (χ0v) is 35.1. The quantitative estimate of drug-likeness (QED) is 0.157. The number of hydrogen-bond acceptors (Lipinski definition) is 4. The van der Waals surface area contributed by atoms with Gasteiger partial charge in [0.25, 0.3) is 0 Å². The van der Waals surface area contributed by atoms with Gasteiger partial charge in [-0.3, -0.25) is 0 Å². The van der Waals surface area contributed by atoms with Crippen molar-refractivity contribution in [1.29, 1.82) is 0 Å². The van der Waals surface area contributed by atoms with Crippen molar-refractivity contribution in [1.82, 2.24) is 24.1 Å². The highest BCUT2D eigenvalue weighted by Crippen LogP contribution is 2.61. The molecule has 5 heterocycles. The zero-order chi connectivity index (χ0) is 43.2. The lowest BCUT2D eigenvalue weighted by molar-refractivity contribution is 0.438. The third kappa shape index (κ3) is 5.14. The van der Waals surface area contributed by atoms with Gasteiger partial charge in [0.05, 0.1) is 33.0 Å². The van der Waals surface area contributed by atoms with Crippen molar-refractivity contribution in [2.45, 2.75) is 5.41 Å². The summed E-state index contributed by atoms with van der Waals surface area (Å²) in [5.41, 5.74) is 14.5. The summed E-state index contributed by atoms with van der Waals surface area (Å²) in [5, 5.41) is 5.58. The molecule has 1 aliphatic carbocycles. The van der Waals surface area contributed by atoms with Gasteiger partial charge in [-0.15, -0.1) is 5.73 Å². The average molecular weight is 832 g/mol. The molecule has 3 aliphatic rings. The fourth-order valence-electron chi connectivity index (χ4n) is 10.6. The van der Waals surface area contributed by atoms with E-state index in [0.29, 0.717) is 17.5 Å². The van der Waals surface area contributed by atoms with E-state index < -0.39 is 5.41 Å². The lowest BCUT2D eigenvalue weighted by atomic mass is 9.61. The summed E-state index contributed by atoms with van der Waals surface area (Å²) < 4.78 is 12.0. The largest absolute Gasteiger partial charge is 0.454 e. The van der Waals surface area contributed by atoms with Gasteiger partial charge < -0.3 is 13.9 Å². The molecule has 1 atom stereocenters. The maximum absolute atomic E-state index is 7.32. The van der Waals surface area contributed by atoms with Gasteiger partial charge in [0.2, 0.25) is 0 Å². The normalized spacial score (nSPS) is 15.5. The van der Waals surface area contributed by atoms with E-state index in [0.717, 1.165) is 105 Å². The first-order valence-corrected chi connectivity index (χ1v) is 21.8. The Hall–Kier alpha value is -8.83. The second-order valence-electron chi connectivity index (χ2n) is 16.5. The molecular weight excluding hydrogens is 795 g/mol. The van der Waals surface area contributed by atoms with Crippen LogP contribution in [0.25, 0.3) is 90.4 Å². The Bertz CT molecular complexity index is 3880. The van der Waals surface area contributed by atoms with E-state index in [9.17, 15) is 0 Å². The standard InChI is InChI=1S/C59H37N5O/c1-3-45-49(4-2)64-51-31-13-7-12-26-41(51)43-28-19-30-47(53(43)64)59(45)46-29-15-17-33-52(46)65-55-48(59)35-34-44-42-27-14-16-32-50(42)63(54(44)55)40-25-18-24-39(36-40)58-61-56(37-20-8-5-9-21-37)60-57(62-58)38-22-10-6-11-23-38/h3-6,8-36H,1-2H2. The predicted molar refractivity (Wildman–Crippen MR) is 263 cm³/mol. The van der Waals surface area contributed by atoms with Crippen molar-refractivity contribution < 1.29 is 4.74 Å². The smallest absolute Gasteiger partial charge is 0.164 e. The molecule has 1 unspecified atom stereocenters. The Labute approximate surface area is 374 Å². The molecule has 0 saturated heterocycles. The van der Waals surface area contributed by atoms with Gasteiger partial charge in [0.15, 0.2) is 23.2 Å². The van der Waals surface area contributed by atoms with Crippen LogP contribution >= 0.6 is 0 Å². The van der Waals surface area contributed by atoms with Crippen LogP contribution in [-0.2, 0) is 5.41 Å². The van der Waals surface area contributed by atoms with E-state index in [1.807, 2.05) is 85.0 Å². The summed E-state index contributed by atoms with van der Waals surface area (Å²) in [6.07, 6.45) is 12.3. The molecule has 10 aromatic rings. The molecule has 13 rings (SSSR count). The van der Waals surface area contributed by atoms with Gasteiger partial charge in [0.1, 0.15) is 5.75 Å². The van der Waals surface area contributed by atoms with E-state index >= 15 is 0 Å². The Kier molecular flexibility index (Phi) is 7.98. The minimum absolute atomic E-state index is 0.585. The summed E-state index contributed by atoms with van der Waals surface area (Å²) in [7, 11) is 0. The van der Waals surface area contributed by atoms with Crippen LogP contribution in [0.5, 0.6) is 11.5 Å². The van der Waals surface area contributed by atoms with Crippen LogP contribution in [0.3, 0.4) is 0 Å². The van der Waals surface area contributed by atoms with Crippen LogP contribution < -0.4 is 15.3 Å². The van der Waals surface area contributed by atoms with Crippen LogP contribution in [0, 0.1) is 0 Å². The van der Waals surface area contributed by atoms with Gasteiger partial charge in [-0.05, 0) is 65.8 Å². The highest BCUT2D eigenvalue weighted by Gasteiger charge is 2.51. The topological polar surface area (TPSA) is 57.8 Å². The van der Waals surface area contributed by atoms with Crippen LogP contribution in [-0.4, -0.2) is 24.1 Å². The van der Waals surface area contributed by atoms with Gasteiger partial charge in [-0.2, -0.15) is 0 Å². The summed E-state index contributed by atoms with van der Waals surface area (Å²) in [4.78, 5) is 15.2. The SMILES string of the molecule is C=CC1=C(C=C)C2(c3ccccc3Oc3c2ccc2c4ccccc4n(-c4cccc(-c5nc(-c6ccccc6)nc(-c6ccccc6)n5)c4)c32)c2cccc3c4c(n1c23)=CC=C=CC=4. The highest BCUT2D eigenvalue weighted by atomic mass is 16.5. The maximum Gasteiger partial charge on any atom is 0.164 e. The molecule has 3 aromatic heterocycles. The van der Waals surface area contributed by atoms with Gasteiger partial charge in [-0.1, -0.05) is 159 Å². The molecule has 0 N–H and O–H groups in total.